The summed E-state index contributed by atoms with van der Waals surface area (Å²) in [4.78, 5) is 0. The number of fused-ring (bicyclic) bond motifs is 1. The molecule has 4 heteroatoms. The van der Waals surface area contributed by atoms with E-state index in [4.69, 9.17) is 34.8 Å². The Bertz CT molecular complexity index is 790. The maximum Gasteiger partial charge on any atom is 0.0657 e. The van der Waals surface area contributed by atoms with Gasteiger partial charge in [0.15, 0.2) is 0 Å². The van der Waals surface area contributed by atoms with Gasteiger partial charge in [-0.2, -0.15) is 0 Å². The number of aromatic nitrogens is 1. The predicted molar refractivity (Wildman–Crippen MR) is 87.2 cm³/mol. The zero-order valence-electron chi connectivity index (χ0n) is 10.8. The maximum atomic E-state index is 6.26. The first-order valence-electron chi connectivity index (χ1n) is 6.24. The largest absolute Gasteiger partial charge is 0.343 e. The molecule has 1 aromatic heterocycles. The number of rotatable bonds is 2. The lowest BCUT2D eigenvalue weighted by molar-refractivity contribution is 0.837. The number of hydrogen-bond acceptors (Lipinski definition) is 0. The van der Waals surface area contributed by atoms with Crippen molar-refractivity contribution >= 4 is 45.7 Å². The first-order chi connectivity index (χ1) is 9.56. The number of halogens is 3. The van der Waals surface area contributed by atoms with Crippen LogP contribution in [0.1, 0.15) is 11.1 Å². The van der Waals surface area contributed by atoms with Crippen molar-refractivity contribution in [3.63, 3.8) is 0 Å². The van der Waals surface area contributed by atoms with E-state index in [1.165, 1.54) is 10.9 Å². The second-order valence-electron chi connectivity index (χ2n) is 4.83. The van der Waals surface area contributed by atoms with E-state index in [9.17, 15) is 0 Å². The highest BCUT2D eigenvalue weighted by atomic mass is 35.5. The molecule has 0 aliphatic heterocycles. The van der Waals surface area contributed by atoms with Crippen molar-refractivity contribution in [1.82, 2.24) is 4.57 Å². The molecule has 20 heavy (non-hydrogen) atoms. The van der Waals surface area contributed by atoms with Crippen molar-refractivity contribution in [2.24, 2.45) is 0 Å². The molecule has 2 aromatic carbocycles. The fraction of sp³-hybridized carbons (Fsp3) is 0.125. The molecule has 0 fully saturated rings. The van der Waals surface area contributed by atoms with E-state index in [0.29, 0.717) is 21.6 Å². The molecule has 0 bridgehead atoms. The van der Waals surface area contributed by atoms with Crippen LogP contribution in [0.25, 0.3) is 10.9 Å². The SMILES string of the molecule is Cc1ccc2c(ccn2Cc2c(Cl)ccc(Cl)c2Cl)c1. The molecule has 1 nitrogen and oxygen atoms in total. The smallest absolute Gasteiger partial charge is 0.0657 e. The summed E-state index contributed by atoms with van der Waals surface area (Å²) in [7, 11) is 0. The lowest BCUT2D eigenvalue weighted by Crippen LogP contribution is -2.00. The monoisotopic (exact) mass is 323 g/mol. The van der Waals surface area contributed by atoms with Gasteiger partial charge in [0.2, 0.25) is 0 Å². The van der Waals surface area contributed by atoms with Crippen LogP contribution in [0.3, 0.4) is 0 Å². The minimum absolute atomic E-state index is 0.521. The molecule has 1 heterocycles. The Morgan fingerprint density at radius 1 is 0.950 bits per heavy atom. The highest BCUT2D eigenvalue weighted by Gasteiger charge is 2.11. The second-order valence-corrected chi connectivity index (χ2v) is 6.02. The Morgan fingerprint density at radius 3 is 2.50 bits per heavy atom. The third-order valence-electron chi connectivity index (χ3n) is 3.39. The number of aryl methyl sites for hydroxylation is 1. The zero-order valence-corrected chi connectivity index (χ0v) is 13.1. The van der Waals surface area contributed by atoms with Crippen molar-refractivity contribution in [2.45, 2.75) is 13.5 Å². The van der Waals surface area contributed by atoms with Gasteiger partial charge in [0.1, 0.15) is 0 Å². The molecule has 0 N–H and O–H groups in total. The van der Waals surface area contributed by atoms with Crippen LogP contribution in [0.4, 0.5) is 0 Å². The Morgan fingerprint density at radius 2 is 1.70 bits per heavy atom. The van der Waals surface area contributed by atoms with E-state index in [1.807, 2.05) is 6.20 Å². The molecule has 0 saturated carbocycles. The molecule has 0 spiro atoms. The summed E-state index contributed by atoms with van der Waals surface area (Å²) in [6.07, 6.45) is 2.04. The Balaban J connectivity index is 2.08. The van der Waals surface area contributed by atoms with Crippen LogP contribution in [0, 0.1) is 6.92 Å². The minimum atomic E-state index is 0.521. The molecule has 3 aromatic rings. The van der Waals surface area contributed by atoms with Crippen LogP contribution in [0.2, 0.25) is 15.1 Å². The van der Waals surface area contributed by atoms with Gasteiger partial charge >= 0.3 is 0 Å². The highest BCUT2D eigenvalue weighted by Crippen LogP contribution is 2.32. The van der Waals surface area contributed by atoms with Gasteiger partial charge in [-0.3, -0.25) is 0 Å². The van der Waals surface area contributed by atoms with Crippen molar-refractivity contribution in [2.75, 3.05) is 0 Å². The van der Waals surface area contributed by atoms with Crippen molar-refractivity contribution in [1.29, 1.82) is 0 Å². The Hall–Kier alpha value is -1.15. The Kier molecular flexibility index (Phi) is 3.68. The highest BCUT2D eigenvalue weighted by molar-refractivity contribution is 6.44. The van der Waals surface area contributed by atoms with E-state index in [-0.39, 0.29) is 0 Å². The summed E-state index contributed by atoms with van der Waals surface area (Å²) >= 11 is 18.6. The van der Waals surface area contributed by atoms with Gasteiger partial charge in [0.25, 0.3) is 0 Å². The predicted octanol–water partition coefficient (Wildman–Crippen LogP) is 5.96. The minimum Gasteiger partial charge on any atom is -0.343 e. The van der Waals surface area contributed by atoms with E-state index >= 15 is 0 Å². The van der Waals surface area contributed by atoms with Crippen molar-refractivity contribution in [3.8, 4) is 0 Å². The quantitative estimate of drug-likeness (QED) is 0.513. The average Bonchev–Trinajstić information content (AvgIpc) is 2.81. The number of benzene rings is 2. The fourth-order valence-corrected chi connectivity index (χ4v) is 3.01. The summed E-state index contributed by atoms with van der Waals surface area (Å²) < 4.78 is 2.12. The van der Waals surface area contributed by atoms with E-state index in [1.54, 1.807) is 12.1 Å². The first-order valence-corrected chi connectivity index (χ1v) is 7.37. The molecular weight excluding hydrogens is 313 g/mol. The summed E-state index contributed by atoms with van der Waals surface area (Å²) in [6, 6.07) is 12.0. The molecule has 0 unspecified atom stereocenters. The molecule has 0 atom stereocenters. The summed E-state index contributed by atoms with van der Waals surface area (Å²) in [5.41, 5.74) is 3.25. The normalized spacial score (nSPS) is 11.2. The molecule has 0 aliphatic rings. The van der Waals surface area contributed by atoms with Gasteiger partial charge in [0.05, 0.1) is 16.6 Å². The third-order valence-corrected chi connectivity index (χ3v) is 4.59. The van der Waals surface area contributed by atoms with Gasteiger partial charge in [0, 0.05) is 22.3 Å². The van der Waals surface area contributed by atoms with Gasteiger partial charge < -0.3 is 4.57 Å². The van der Waals surface area contributed by atoms with Crippen LogP contribution in [0.5, 0.6) is 0 Å². The van der Waals surface area contributed by atoms with E-state index < -0.39 is 0 Å². The summed E-state index contributed by atoms with van der Waals surface area (Å²) in [6.45, 7) is 2.69. The van der Waals surface area contributed by atoms with E-state index in [0.717, 1.165) is 11.1 Å². The van der Waals surface area contributed by atoms with Crippen LogP contribution in [-0.4, -0.2) is 4.57 Å². The second kappa shape index (κ2) is 5.33. The molecule has 102 valence electrons. The summed E-state index contributed by atoms with van der Waals surface area (Å²) in [5, 5.41) is 2.89. The van der Waals surface area contributed by atoms with Gasteiger partial charge in [-0.15, -0.1) is 0 Å². The molecule has 0 aliphatic carbocycles. The van der Waals surface area contributed by atoms with Crippen molar-refractivity contribution < 1.29 is 0 Å². The lowest BCUT2D eigenvalue weighted by atomic mass is 10.2. The van der Waals surface area contributed by atoms with Gasteiger partial charge in [-0.1, -0.05) is 46.4 Å². The van der Waals surface area contributed by atoms with E-state index in [2.05, 4.69) is 35.8 Å². The van der Waals surface area contributed by atoms with Gasteiger partial charge in [-0.25, -0.2) is 0 Å². The van der Waals surface area contributed by atoms with Crippen LogP contribution >= 0.6 is 34.8 Å². The lowest BCUT2D eigenvalue weighted by Gasteiger charge is -2.11. The average molecular weight is 325 g/mol. The van der Waals surface area contributed by atoms with Crippen molar-refractivity contribution in [3.05, 3.63) is 68.8 Å². The molecule has 0 amide bonds. The molecule has 0 radical (unpaired) electrons. The van der Waals surface area contributed by atoms with Gasteiger partial charge in [-0.05, 0) is 42.6 Å². The van der Waals surface area contributed by atoms with Crippen LogP contribution in [-0.2, 0) is 6.54 Å². The third kappa shape index (κ3) is 2.42. The Labute approximate surface area is 132 Å². The molecule has 3 rings (SSSR count). The molecule has 0 saturated heterocycles. The number of nitrogens with zero attached hydrogens (tertiary/aromatic N) is 1. The zero-order chi connectivity index (χ0) is 14.3. The van der Waals surface area contributed by atoms with Crippen LogP contribution < -0.4 is 0 Å². The summed E-state index contributed by atoms with van der Waals surface area (Å²) in [5.74, 6) is 0. The standard InChI is InChI=1S/C16H12Cl3N/c1-10-2-5-15-11(8-10)6-7-20(15)9-12-13(17)3-4-14(18)16(12)19/h2-8H,9H2,1H3. The number of hydrogen-bond donors (Lipinski definition) is 0. The maximum absolute atomic E-state index is 6.26. The fourth-order valence-electron chi connectivity index (χ4n) is 2.34. The topological polar surface area (TPSA) is 4.93 Å². The molecular formula is C16H12Cl3N. The van der Waals surface area contributed by atoms with Crippen LogP contribution in [0.15, 0.2) is 42.6 Å². The first kappa shape index (κ1) is 13.8.